The Kier molecular flexibility index (Phi) is 3.76. The lowest BCUT2D eigenvalue weighted by atomic mass is 10.1. The number of nitrogens with one attached hydrogen (secondary N) is 2. The molecule has 2 aromatic rings. The molecule has 0 spiro atoms. The number of amides is 1. The second kappa shape index (κ2) is 5.34. The average molecular weight is 297 g/mol. The number of aryl methyl sites for hydroxylation is 1. The van der Waals surface area contributed by atoms with Gasteiger partial charge in [-0.2, -0.15) is 0 Å². The van der Waals surface area contributed by atoms with E-state index in [1.165, 1.54) is 18.3 Å². The van der Waals surface area contributed by atoms with Crippen LogP contribution in [-0.2, 0) is 0 Å². The van der Waals surface area contributed by atoms with E-state index < -0.39 is 17.7 Å². The third kappa shape index (κ3) is 2.50. The number of aromatic nitrogens is 1. The smallest absolute Gasteiger partial charge is 0.339 e. The normalized spacial score (nSPS) is 10.3. The van der Waals surface area contributed by atoms with Crippen molar-refractivity contribution in [1.29, 1.82) is 0 Å². The molecule has 104 valence electrons. The minimum atomic E-state index is -1.20. The topological polar surface area (TPSA) is 82.2 Å². The Bertz CT molecular complexity index is 677. The Morgan fingerprint density at radius 2 is 2.05 bits per heavy atom. The molecule has 1 amide bonds. The maximum absolute atomic E-state index is 13.6. The first kappa shape index (κ1) is 14.1. The summed E-state index contributed by atoms with van der Waals surface area (Å²) < 4.78 is 13.6. The van der Waals surface area contributed by atoms with Crippen LogP contribution >= 0.6 is 11.6 Å². The first-order valence-corrected chi connectivity index (χ1v) is 5.96. The summed E-state index contributed by atoms with van der Waals surface area (Å²) in [6.07, 6.45) is 1.32. The van der Waals surface area contributed by atoms with Gasteiger partial charge in [0, 0.05) is 11.9 Å². The summed E-state index contributed by atoms with van der Waals surface area (Å²) in [5.74, 6) is -2.78. The van der Waals surface area contributed by atoms with E-state index in [4.69, 9.17) is 16.7 Å². The zero-order valence-electron chi connectivity index (χ0n) is 10.3. The lowest BCUT2D eigenvalue weighted by Crippen LogP contribution is -2.16. The van der Waals surface area contributed by atoms with Crippen LogP contribution in [0.5, 0.6) is 0 Å². The summed E-state index contributed by atoms with van der Waals surface area (Å²) in [5.41, 5.74) is 0.0296. The Hall–Kier alpha value is -2.34. The van der Waals surface area contributed by atoms with E-state index in [-0.39, 0.29) is 21.8 Å². The summed E-state index contributed by atoms with van der Waals surface area (Å²) in [6, 6.07) is 3.85. The molecule has 5 nitrogen and oxygen atoms in total. The molecular formula is C13H10ClFN2O3. The van der Waals surface area contributed by atoms with E-state index in [0.29, 0.717) is 5.69 Å². The van der Waals surface area contributed by atoms with Crippen molar-refractivity contribution in [2.45, 2.75) is 6.92 Å². The van der Waals surface area contributed by atoms with Gasteiger partial charge in [0.05, 0.1) is 16.3 Å². The number of hydrogen-bond acceptors (Lipinski definition) is 2. The Labute approximate surface area is 118 Å². The first-order valence-electron chi connectivity index (χ1n) is 5.58. The van der Waals surface area contributed by atoms with Crippen molar-refractivity contribution in [3.05, 3.63) is 52.1 Å². The molecule has 7 heteroatoms. The predicted octanol–water partition coefficient (Wildman–Crippen LogP) is 3.07. The van der Waals surface area contributed by atoms with Gasteiger partial charge in [-0.05, 0) is 19.1 Å². The molecule has 20 heavy (non-hydrogen) atoms. The minimum Gasteiger partial charge on any atom is -0.478 e. The standard InChI is InChI=1S/C13H10ClFN2O3/c1-6-10(13(19)20)9(5-16-6)17-12(18)11-7(14)3-2-4-8(11)15/h2-5,16H,1H3,(H,17,18)(H,19,20). The summed E-state index contributed by atoms with van der Waals surface area (Å²) in [6.45, 7) is 1.55. The number of carboxylic acids is 1. The number of carbonyl (C=O) groups is 2. The lowest BCUT2D eigenvalue weighted by molar-refractivity contribution is 0.0697. The van der Waals surface area contributed by atoms with Gasteiger partial charge in [-0.1, -0.05) is 17.7 Å². The van der Waals surface area contributed by atoms with Crippen LogP contribution in [0.2, 0.25) is 5.02 Å². The first-order chi connectivity index (χ1) is 9.41. The Balaban J connectivity index is 2.36. The van der Waals surface area contributed by atoms with Crippen LogP contribution in [0.15, 0.2) is 24.4 Å². The average Bonchev–Trinajstić information content (AvgIpc) is 2.70. The molecule has 0 saturated heterocycles. The molecule has 0 aliphatic rings. The molecule has 0 radical (unpaired) electrons. The van der Waals surface area contributed by atoms with Gasteiger partial charge in [-0.15, -0.1) is 0 Å². The minimum absolute atomic E-state index is 0.0494. The maximum atomic E-state index is 13.6. The molecule has 0 fully saturated rings. The number of rotatable bonds is 3. The van der Waals surface area contributed by atoms with Gasteiger partial charge < -0.3 is 15.4 Å². The number of halogens is 2. The number of carbonyl (C=O) groups excluding carboxylic acids is 1. The predicted molar refractivity (Wildman–Crippen MR) is 71.9 cm³/mol. The molecule has 0 bridgehead atoms. The van der Waals surface area contributed by atoms with Crippen LogP contribution in [0, 0.1) is 12.7 Å². The largest absolute Gasteiger partial charge is 0.478 e. The van der Waals surface area contributed by atoms with Crippen LogP contribution in [-0.4, -0.2) is 22.0 Å². The van der Waals surface area contributed by atoms with Gasteiger partial charge in [0.25, 0.3) is 5.91 Å². The van der Waals surface area contributed by atoms with Crippen LogP contribution in [0.3, 0.4) is 0 Å². The fraction of sp³-hybridized carbons (Fsp3) is 0.0769. The zero-order valence-corrected chi connectivity index (χ0v) is 11.1. The quantitative estimate of drug-likeness (QED) is 0.814. The summed E-state index contributed by atoms with van der Waals surface area (Å²) >= 11 is 5.77. The van der Waals surface area contributed by atoms with Crippen molar-refractivity contribution in [2.75, 3.05) is 5.32 Å². The van der Waals surface area contributed by atoms with Gasteiger partial charge in [0.2, 0.25) is 0 Å². The highest BCUT2D eigenvalue weighted by atomic mass is 35.5. The summed E-state index contributed by atoms with van der Waals surface area (Å²) in [5, 5.41) is 11.3. The van der Waals surface area contributed by atoms with Crippen molar-refractivity contribution in [1.82, 2.24) is 4.98 Å². The van der Waals surface area contributed by atoms with Gasteiger partial charge in [-0.25, -0.2) is 9.18 Å². The van der Waals surface area contributed by atoms with Crippen molar-refractivity contribution in [3.63, 3.8) is 0 Å². The molecular weight excluding hydrogens is 287 g/mol. The molecule has 0 aliphatic carbocycles. The summed E-state index contributed by atoms with van der Waals surface area (Å²) in [4.78, 5) is 25.8. The molecule has 0 atom stereocenters. The fourth-order valence-electron chi connectivity index (χ4n) is 1.80. The maximum Gasteiger partial charge on any atom is 0.339 e. The highest BCUT2D eigenvalue weighted by Crippen LogP contribution is 2.23. The zero-order chi connectivity index (χ0) is 14.9. The van der Waals surface area contributed by atoms with Crippen LogP contribution in [0.25, 0.3) is 0 Å². The molecule has 1 aromatic carbocycles. The van der Waals surface area contributed by atoms with Crippen molar-refractivity contribution < 1.29 is 19.1 Å². The molecule has 2 rings (SSSR count). The van der Waals surface area contributed by atoms with E-state index in [1.54, 1.807) is 6.92 Å². The highest BCUT2D eigenvalue weighted by molar-refractivity contribution is 6.34. The molecule has 0 aliphatic heterocycles. The number of aromatic carboxylic acids is 1. The lowest BCUT2D eigenvalue weighted by Gasteiger charge is -2.07. The van der Waals surface area contributed by atoms with Gasteiger partial charge >= 0.3 is 5.97 Å². The van der Waals surface area contributed by atoms with Gasteiger partial charge in [0.15, 0.2) is 0 Å². The summed E-state index contributed by atoms with van der Waals surface area (Å²) in [7, 11) is 0. The monoisotopic (exact) mass is 296 g/mol. The number of hydrogen-bond donors (Lipinski definition) is 3. The van der Waals surface area contributed by atoms with Crippen molar-refractivity contribution in [2.24, 2.45) is 0 Å². The fourth-order valence-corrected chi connectivity index (χ4v) is 2.05. The van der Waals surface area contributed by atoms with Gasteiger partial charge in [-0.3, -0.25) is 4.79 Å². The van der Waals surface area contributed by atoms with Crippen LogP contribution in [0.4, 0.5) is 10.1 Å². The SMILES string of the molecule is Cc1[nH]cc(NC(=O)c2c(F)cccc2Cl)c1C(=O)O. The third-order valence-electron chi connectivity index (χ3n) is 2.73. The Morgan fingerprint density at radius 3 is 2.65 bits per heavy atom. The van der Waals surface area contributed by atoms with E-state index >= 15 is 0 Å². The van der Waals surface area contributed by atoms with E-state index in [0.717, 1.165) is 6.07 Å². The third-order valence-corrected chi connectivity index (χ3v) is 3.04. The van der Waals surface area contributed by atoms with Crippen molar-refractivity contribution >= 4 is 29.2 Å². The molecule has 0 saturated carbocycles. The van der Waals surface area contributed by atoms with Crippen LogP contribution in [0.1, 0.15) is 26.4 Å². The number of benzene rings is 1. The number of H-pyrrole nitrogens is 1. The molecule has 0 unspecified atom stereocenters. The number of aromatic amines is 1. The number of carboxylic acid groups (broad SMARTS) is 1. The molecule has 3 N–H and O–H groups in total. The van der Waals surface area contributed by atoms with E-state index in [1.807, 2.05) is 0 Å². The van der Waals surface area contributed by atoms with Gasteiger partial charge in [0.1, 0.15) is 11.4 Å². The Morgan fingerprint density at radius 1 is 1.35 bits per heavy atom. The van der Waals surface area contributed by atoms with E-state index in [9.17, 15) is 14.0 Å². The van der Waals surface area contributed by atoms with Crippen LogP contribution < -0.4 is 5.32 Å². The highest BCUT2D eigenvalue weighted by Gasteiger charge is 2.20. The van der Waals surface area contributed by atoms with Crippen molar-refractivity contribution in [3.8, 4) is 0 Å². The second-order valence-electron chi connectivity index (χ2n) is 4.06. The number of anilines is 1. The molecule has 1 aromatic heterocycles. The molecule has 1 heterocycles. The van der Waals surface area contributed by atoms with E-state index in [2.05, 4.69) is 10.3 Å². The second-order valence-corrected chi connectivity index (χ2v) is 4.47.